The zero-order chi connectivity index (χ0) is 21.0. The van der Waals surface area contributed by atoms with Crippen LogP contribution >= 0.6 is 0 Å². The molecule has 1 aromatic heterocycles. The number of carbonyl (C=O) groups excluding carboxylic acids is 3. The fraction of sp³-hybridized carbons (Fsp3) is 0.316. The fourth-order valence-corrected chi connectivity index (χ4v) is 3.86. The molecule has 1 fully saturated rings. The number of ether oxygens (including phenoxy) is 1. The monoisotopic (exact) mass is 420 g/mol. The number of carbonyl (C=O) groups is 3. The third kappa shape index (κ3) is 4.90. The quantitative estimate of drug-likeness (QED) is 0.671. The molecule has 1 aliphatic rings. The molecule has 1 aliphatic heterocycles. The van der Waals surface area contributed by atoms with Gasteiger partial charge in [-0.3, -0.25) is 14.5 Å². The number of hydrogen-bond acceptors (Lipinski definition) is 7. The maximum atomic E-state index is 12.5. The van der Waals surface area contributed by atoms with Crippen molar-refractivity contribution in [2.75, 3.05) is 13.2 Å². The summed E-state index contributed by atoms with van der Waals surface area (Å²) in [6.45, 7) is 1.30. The largest absolute Gasteiger partial charge is 0.468 e. The highest BCUT2D eigenvalue weighted by atomic mass is 32.2. The summed E-state index contributed by atoms with van der Waals surface area (Å²) in [6.07, 6.45) is 2.31. The molecule has 3 rings (SSSR count). The third-order valence-electron chi connectivity index (χ3n) is 4.46. The summed E-state index contributed by atoms with van der Waals surface area (Å²) in [7, 11) is -3.90. The van der Waals surface area contributed by atoms with Crippen molar-refractivity contribution in [2.24, 2.45) is 0 Å². The smallest absolute Gasteiger partial charge is 0.338 e. The number of furan rings is 1. The standard InChI is InChI=1S/C19H20N2O7S/c1-13-6-7-15(29(25,26)20-11-14-4-3-9-27-14)10-16(13)19(24)28-12-18(23)21-8-2-5-17(21)22/h3-4,6-7,9-10,20H,2,5,8,11-12H2,1H3. The van der Waals surface area contributed by atoms with Gasteiger partial charge < -0.3 is 9.15 Å². The second-order valence-electron chi connectivity index (χ2n) is 6.50. The number of imide groups is 1. The summed E-state index contributed by atoms with van der Waals surface area (Å²) in [5.74, 6) is -1.29. The first-order valence-corrected chi connectivity index (χ1v) is 10.4. The van der Waals surface area contributed by atoms with E-state index in [4.69, 9.17) is 9.15 Å². The van der Waals surface area contributed by atoms with E-state index in [1.165, 1.54) is 24.5 Å². The van der Waals surface area contributed by atoms with E-state index in [9.17, 15) is 22.8 Å². The molecule has 154 valence electrons. The maximum Gasteiger partial charge on any atom is 0.338 e. The number of likely N-dealkylation sites (tertiary alicyclic amines) is 1. The molecular weight excluding hydrogens is 400 g/mol. The second kappa shape index (κ2) is 8.58. The van der Waals surface area contributed by atoms with Gasteiger partial charge in [-0.15, -0.1) is 0 Å². The Morgan fingerprint density at radius 2 is 2.07 bits per heavy atom. The average Bonchev–Trinajstić information content (AvgIpc) is 3.36. The minimum atomic E-state index is -3.90. The number of aryl methyl sites for hydroxylation is 1. The van der Waals surface area contributed by atoms with Crippen LogP contribution in [0.4, 0.5) is 0 Å². The molecule has 0 aliphatic carbocycles. The van der Waals surface area contributed by atoms with Crippen LogP contribution in [0.3, 0.4) is 0 Å². The molecule has 0 unspecified atom stereocenters. The third-order valence-corrected chi connectivity index (χ3v) is 5.86. The van der Waals surface area contributed by atoms with E-state index >= 15 is 0 Å². The summed E-state index contributed by atoms with van der Waals surface area (Å²) < 4.78 is 37.5. The average molecular weight is 420 g/mol. The van der Waals surface area contributed by atoms with Gasteiger partial charge in [-0.2, -0.15) is 0 Å². The fourth-order valence-electron chi connectivity index (χ4n) is 2.85. The Bertz CT molecular complexity index is 1030. The van der Waals surface area contributed by atoms with Gasteiger partial charge in [-0.1, -0.05) is 6.07 Å². The van der Waals surface area contributed by atoms with Crippen LogP contribution in [-0.4, -0.2) is 44.3 Å². The molecule has 0 saturated carbocycles. The number of hydrogen-bond donors (Lipinski definition) is 1. The van der Waals surface area contributed by atoms with Crippen molar-refractivity contribution in [1.29, 1.82) is 0 Å². The molecule has 10 heteroatoms. The molecule has 29 heavy (non-hydrogen) atoms. The van der Waals surface area contributed by atoms with Crippen LogP contribution < -0.4 is 4.72 Å². The van der Waals surface area contributed by atoms with Crippen LogP contribution in [0.15, 0.2) is 45.9 Å². The lowest BCUT2D eigenvalue weighted by Gasteiger charge is -2.14. The van der Waals surface area contributed by atoms with Crippen molar-refractivity contribution in [1.82, 2.24) is 9.62 Å². The maximum absolute atomic E-state index is 12.5. The highest BCUT2D eigenvalue weighted by Gasteiger charge is 2.27. The van der Waals surface area contributed by atoms with E-state index in [2.05, 4.69) is 4.72 Å². The zero-order valence-electron chi connectivity index (χ0n) is 15.7. The van der Waals surface area contributed by atoms with Gasteiger partial charge in [-0.25, -0.2) is 17.9 Å². The van der Waals surface area contributed by atoms with Gasteiger partial charge in [0.25, 0.3) is 5.91 Å². The summed E-state index contributed by atoms with van der Waals surface area (Å²) in [6, 6.07) is 7.30. The zero-order valence-corrected chi connectivity index (χ0v) is 16.5. The van der Waals surface area contributed by atoms with Crippen LogP contribution in [0.25, 0.3) is 0 Å². The minimum absolute atomic E-state index is 0.0198. The summed E-state index contributed by atoms with van der Waals surface area (Å²) in [5.41, 5.74) is 0.510. The Balaban J connectivity index is 1.68. The van der Waals surface area contributed by atoms with Crippen LogP contribution in [-0.2, 0) is 30.9 Å². The van der Waals surface area contributed by atoms with E-state index in [1.54, 1.807) is 19.1 Å². The molecule has 2 aromatic rings. The minimum Gasteiger partial charge on any atom is -0.468 e. The van der Waals surface area contributed by atoms with Gasteiger partial charge >= 0.3 is 5.97 Å². The molecule has 0 bridgehead atoms. The molecule has 1 saturated heterocycles. The molecule has 1 N–H and O–H groups in total. The number of rotatable bonds is 7. The number of nitrogens with zero attached hydrogens (tertiary/aromatic N) is 1. The van der Waals surface area contributed by atoms with Gasteiger partial charge in [0.1, 0.15) is 5.76 Å². The van der Waals surface area contributed by atoms with Crippen molar-refractivity contribution in [3.05, 3.63) is 53.5 Å². The highest BCUT2D eigenvalue weighted by Crippen LogP contribution is 2.18. The Morgan fingerprint density at radius 1 is 1.28 bits per heavy atom. The van der Waals surface area contributed by atoms with E-state index in [0.29, 0.717) is 30.7 Å². The summed E-state index contributed by atoms with van der Waals surface area (Å²) >= 11 is 0. The Kier molecular flexibility index (Phi) is 6.14. The van der Waals surface area contributed by atoms with Crippen molar-refractivity contribution in [2.45, 2.75) is 31.2 Å². The lowest BCUT2D eigenvalue weighted by Crippen LogP contribution is -2.35. The molecule has 1 aromatic carbocycles. The molecular formula is C19H20N2O7S. The lowest BCUT2D eigenvalue weighted by molar-refractivity contribution is -0.143. The molecule has 0 radical (unpaired) electrons. The van der Waals surface area contributed by atoms with Gasteiger partial charge in [0, 0.05) is 13.0 Å². The van der Waals surface area contributed by atoms with Gasteiger partial charge in [0.2, 0.25) is 15.9 Å². The van der Waals surface area contributed by atoms with E-state index < -0.39 is 28.5 Å². The molecule has 2 heterocycles. The highest BCUT2D eigenvalue weighted by molar-refractivity contribution is 7.89. The Morgan fingerprint density at radius 3 is 2.72 bits per heavy atom. The Hall–Kier alpha value is -2.98. The molecule has 0 atom stereocenters. The van der Waals surface area contributed by atoms with E-state index in [0.717, 1.165) is 4.90 Å². The number of esters is 1. The molecule has 2 amide bonds. The van der Waals surface area contributed by atoms with Gasteiger partial charge in [0.05, 0.1) is 23.3 Å². The topological polar surface area (TPSA) is 123 Å². The molecule has 0 spiro atoms. The van der Waals surface area contributed by atoms with Crippen LogP contribution in [0.2, 0.25) is 0 Å². The molecule has 9 nitrogen and oxygen atoms in total. The van der Waals surface area contributed by atoms with Gasteiger partial charge in [0.15, 0.2) is 6.61 Å². The normalized spacial score (nSPS) is 14.2. The number of benzene rings is 1. The lowest BCUT2D eigenvalue weighted by atomic mass is 10.1. The first-order chi connectivity index (χ1) is 13.8. The first kappa shape index (κ1) is 20.7. The van der Waals surface area contributed by atoms with Crippen LogP contribution in [0, 0.1) is 6.92 Å². The van der Waals surface area contributed by atoms with Gasteiger partial charge in [-0.05, 0) is 43.2 Å². The number of sulfonamides is 1. The predicted molar refractivity (Wildman–Crippen MR) is 100 cm³/mol. The van der Waals surface area contributed by atoms with E-state index in [-0.39, 0.29) is 22.9 Å². The van der Waals surface area contributed by atoms with Crippen molar-refractivity contribution in [3.63, 3.8) is 0 Å². The number of nitrogens with one attached hydrogen (secondary N) is 1. The summed E-state index contributed by atoms with van der Waals surface area (Å²) in [5, 5.41) is 0. The SMILES string of the molecule is Cc1ccc(S(=O)(=O)NCc2ccco2)cc1C(=O)OCC(=O)N1CCCC1=O. The van der Waals surface area contributed by atoms with Crippen LogP contribution in [0.1, 0.15) is 34.5 Å². The second-order valence-corrected chi connectivity index (χ2v) is 8.27. The van der Waals surface area contributed by atoms with E-state index in [1.807, 2.05) is 0 Å². The first-order valence-electron chi connectivity index (χ1n) is 8.91. The van der Waals surface area contributed by atoms with Crippen molar-refractivity contribution < 1.29 is 32.0 Å². The number of amides is 2. The van der Waals surface area contributed by atoms with Crippen LogP contribution in [0.5, 0.6) is 0 Å². The Labute approximate surface area is 167 Å². The predicted octanol–water partition coefficient (Wildman–Crippen LogP) is 1.37. The van der Waals surface area contributed by atoms with Crippen molar-refractivity contribution >= 4 is 27.8 Å². The summed E-state index contributed by atoms with van der Waals surface area (Å²) in [4.78, 5) is 36.9. The van der Waals surface area contributed by atoms with Crippen molar-refractivity contribution in [3.8, 4) is 0 Å².